The summed E-state index contributed by atoms with van der Waals surface area (Å²) < 4.78 is 6.96. The minimum atomic E-state index is 0.626. The zero-order valence-corrected chi connectivity index (χ0v) is 13.7. The highest BCUT2D eigenvalue weighted by molar-refractivity contribution is 9.10. The summed E-state index contributed by atoms with van der Waals surface area (Å²) in [6.45, 7) is 9.78. The van der Waals surface area contributed by atoms with Gasteiger partial charge in [0.1, 0.15) is 5.75 Å². The van der Waals surface area contributed by atoms with Crippen LogP contribution in [0.1, 0.15) is 31.9 Å². The Balaban J connectivity index is 1.95. The van der Waals surface area contributed by atoms with Crippen LogP contribution < -0.4 is 10.1 Å². The van der Waals surface area contributed by atoms with E-state index >= 15 is 0 Å². The number of ether oxygens (including phenoxy) is 1. The predicted octanol–water partition coefficient (Wildman–Crippen LogP) is 3.81. The zero-order chi connectivity index (χ0) is 13.8. The van der Waals surface area contributed by atoms with Crippen LogP contribution in [0.3, 0.4) is 0 Å². The molecule has 0 fully saturated rings. The molecular formula is C16H24BrNO. The van der Waals surface area contributed by atoms with Crippen LogP contribution in [0.15, 0.2) is 16.6 Å². The topological polar surface area (TPSA) is 21.3 Å². The number of hydrogen-bond acceptors (Lipinski definition) is 2. The van der Waals surface area contributed by atoms with Gasteiger partial charge in [0, 0.05) is 10.9 Å². The lowest BCUT2D eigenvalue weighted by Crippen LogP contribution is -2.26. The third-order valence-corrected chi connectivity index (χ3v) is 3.90. The second-order valence-corrected chi connectivity index (χ2v) is 6.93. The molecule has 2 rings (SSSR count). The Kier molecular flexibility index (Phi) is 5.28. The standard InChI is InChI=1S/C16H24BrNO/c1-11(2)9-18-10-12(3)6-14-8-15(17)7-13-4-5-19-16(13)14/h7-8,11-12,18H,4-6,9-10H2,1-3H3. The molecule has 3 heteroatoms. The smallest absolute Gasteiger partial charge is 0.125 e. The van der Waals surface area contributed by atoms with Crippen molar-refractivity contribution in [1.82, 2.24) is 5.32 Å². The molecule has 1 aliphatic rings. The molecule has 0 spiro atoms. The summed E-state index contributed by atoms with van der Waals surface area (Å²) in [6.07, 6.45) is 2.12. The van der Waals surface area contributed by atoms with Crippen LogP contribution in [0.25, 0.3) is 0 Å². The molecule has 1 N–H and O–H groups in total. The fourth-order valence-corrected chi connectivity index (χ4v) is 3.12. The lowest BCUT2D eigenvalue weighted by molar-refractivity contribution is 0.350. The fourth-order valence-electron chi connectivity index (χ4n) is 2.56. The maximum Gasteiger partial charge on any atom is 0.125 e. The second kappa shape index (κ2) is 6.76. The first-order valence-corrected chi connectivity index (χ1v) is 8.00. The van der Waals surface area contributed by atoms with E-state index in [4.69, 9.17) is 4.74 Å². The molecular weight excluding hydrogens is 302 g/mol. The molecule has 0 amide bonds. The summed E-state index contributed by atoms with van der Waals surface area (Å²) in [7, 11) is 0. The van der Waals surface area contributed by atoms with Gasteiger partial charge in [-0.2, -0.15) is 0 Å². The van der Waals surface area contributed by atoms with Crippen molar-refractivity contribution >= 4 is 15.9 Å². The molecule has 1 unspecified atom stereocenters. The Bertz CT molecular complexity index is 431. The fraction of sp³-hybridized carbons (Fsp3) is 0.625. The minimum Gasteiger partial charge on any atom is -0.493 e. The van der Waals surface area contributed by atoms with E-state index in [-0.39, 0.29) is 0 Å². The van der Waals surface area contributed by atoms with Crippen LogP contribution in [-0.4, -0.2) is 19.7 Å². The lowest BCUT2D eigenvalue weighted by Gasteiger charge is -2.16. The van der Waals surface area contributed by atoms with E-state index in [0.29, 0.717) is 11.8 Å². The van der Waals surface area contributed by atoms with Crippen molar-refractivity contribution in [2.24, 2.45) is 11.8 Å². The maximum absolute atomic E-state index is 5.79. The van der Waals surface area contributed by atoms with Crippen molar-refractivity contribution in [1.29, 1.82) is 0 Å². The van der Waals surface area contributed by atoms with Crippen molar-refractivity contribution in [3.63, 3.8) is 0 Å². The van der Waals surface area contributed by atoms with Gasteiger partial charge in [0.25, 0.3) is 0 Å². The largest absolute Gasteiger partial charge is 0.493 e. The number of halogens is 1. The number of fused-ring (bicyclic) bond motifs is 1. The van der Waals surface area contributed by atoms with Gasteiger partial charge in [0.15, 0.2) is 0 Å². The van der Waals surface area contributed by atoms with Gasteiger partial charge in [-0.3, -0.25) is 0 Å². The first-order chi connectivity index (χ1) is 9.06. The Labute approximate surface area is 125 Å². The van der Waals surface area contributed by atoms with Crippen LogP contribution in [0.2, 0.25) is 0 Å². The molecule has 1 aromatic rings. The SMILES string of the molecule is CC(C)CNCC(C)Cc1cc(Br)cc2c1OCC2. The summed E-state index contributed by atoms with van der Waals surface area (Å²) in [4.78, 5) is 0. The van der Waals surface area contributed by atoms with Gasteiger partial charge in [0.05, 0.1) is 6.61 Å². The zero-order valence-electron chi connectivity index (χ0n) is 12.1. The second-order valence-electron chi connectivity index (χ2n) is 6.01. The van der Waals surface area contributed by atoms with Crippen LogP contribution in [0.4, 0.5) is 0 Å². The van der Waals surface area contributed by atoms with Gasteiger partial charge in [-0.25, -0.2) is 0 Å². The summed E-state index contributed by atoms with van der Waals surface area (Å²) in [5, 5.41) is 3.53. The van der Waals surface area contributed by atoms with Crippen LogP contribution in [-0.2, 0) is 12.8 Å². The van der Waals surface area contributed by atoms with E-state index in [9.17, 15) is 0 Å². The Morgan fingerprint density at radius 2 is 2.05 bits per heavy atom. The van der Waals surface area contributed by atoms with Gasteiger partial charge in [0.2, 0.25) is 0 Å². The molecule has 0 radical (unpaired) electrons. The Hall–Kier alpha value is -0.540. The minimum absolute atomic E-state index is 0.626. The highest BCUT2D eigenvalue weighted by Gasteiger charge is 2.18. The number of rotatable bonds is 6. The summed E-state index contributed by atoms with van der Waals surface area (Å²) in [6, 6.07) is 4.40. The summed E-state index contributed by atoms with van der Waals surface area (Å²) in [5.74, 6) is 2.48. The molecule has 0 saturated heterocycles. The summed E-state index contributed by atoms with van der Waals surface area (Å²) in [5.41, 5.74) is 2.70. The van der Waals surface area contributed by atoms with E-state index in [1.165, 1.54) is 15.6 Å². The van der Waals surface area contributed by atoms with Crippen molar-refractivity contribution in [3.8, 4) is 5.75 Å². The van der Waals surface area contributed by atoms with Crippen molar-refractivity contribution in [3.05, 3.63) is 27.7 Å². The molecule has 0 aliphatic carbocycles. The molecule has 1 atom stereocenters. The van der Waals surface area contributed by atoms with E-state index in [1.54, 1.807) is 0 Å². The molecule has 0 bridgehead atoms. The average Bonchev–Trinajstić information content (AvgIpc) is 2.76. The van der Waals surface area contributed by atoms with Gasteiger partial charge >= 0.3 is 0 Å². The highest BCUT2D eigenvalue weighted by Crippen LogP contribution is 2.34. The van der Waals surface area contributed by atoms with Crippen LogP contribution in [0, 0.1) is 11.8 Å². The molecule has 1 aromatic carbocycles. The monoisotopic (exact) mass is 325 g/mol. The molecule has 1 heterocycles. The van der Waals surface area contributed by atoms with E-state index < -0.39 is 0 Å². The van der Waals surface area contributed by atoms with Gasteiger partial charge < -0.3 is 10.1 Å². The molecule has 106 valence electrons. The first kappa shape index (κ1) is 14.9. The van der Waals surface area contributed by atoms with Gasteiger partial charge in [-0.15, -0.1) is 0 Å². The molecule has 2 nitrogen and oxygen atoms in total. The van der Waals surface area contributed by atoms with Crippen molar-refractivity contribution in [2.75, 3.05) is 19.7 Å². The molecule has 0 aromatic heterocycles. The van der Waals surface area contributed by atoms with Gasteiger partial charge in [-0.1, -0.05) is 36.7 Å². The molecule has 1 aliphatic heterocycles. The molecule has 19 heavy (non-hydrogen) atoms. The van der Waals surface area contributed by atoms with Crippen LogP contribution in [0.5, 0.6) is 5.75 Å². The van der Waals surface area contributed by atoms with Crippen molar-refractivity contribution < 1.29 is 4.74 Å². The first-order valence-electron chi connectivity index (χ1n) is 7.21. The number of benzene rings is 1. The lowest BCUT2D eigenvalue weighted by atomic mass is 9.98. The van der Waals surface area contributed by atoms with Crippen LogP contribution >= 0.6 is 15.9 Å². The molecule has 0 saturated carbocycles. The third-order valence-electron chi connectivity index (χ3n) is 3.44. The van der Waals surface area contributed by atoms with E-state index in [0.717, 1.165) is 38.3 Å². The number of nitrogens with one attached hydrogen (secondary N) is 1. The number of hydrogen-bond donors (Lipinski definition) is 1. The third kappa shape index (κ3) is 4.22. The summed E-state index contributed by atoms with van der Waals surface area (Å²) >= 11 is 3.61. The average molecular weight is 326 g/mol. The quantitative estimate of drug-likeness (QED) is 0.858. The highest BCUT2D eigenvalue weighted by atomic mass is 79.9. The normalized spacial score (nSPS) is 15.4. The van der Waals surface area contributed by atoms with Gasteiger partial charge in [-0.05, 0) is 54.6 Å². The van der Waals surface area contributed by atoms with E-state index in [2.05, 4.69) is 54.2 Å². The maximum atomic E-state index is 5.79. The van der Waals surface area contributed by atoms with Crippen molar-refractivity contribution in [2.45, 2.75) is 33.6 Å². The Morgan fingerprint density at radius 3 is 2.79 bits per heavy atom. The Morgan fingerprint density at radius 1 is 1.26 bits per heavy atom. The predicted molar refractivity (Wildman–Crippen MR) is 83.9 cm³/mol. The van der Waals surface area contributed by atoms with E-state index in [1.807, 2.05) is 0 Å².